The topological polar surface area (TPSA) is 71.0 Å². The monoisotopic (exact) mass is 486 g/mol. The highest BCUT2D eigenvalue weighted by Crippen LogP contribution is 2.45. The Morgan fingerprint density at radius 2 is 1.69 bits per heavy atom. The lowest BCUT2D eigenvalue weighted by Crippen LogP contribution is -2.41. The van der Waals surface area contributed by atoms with E-state index >= 15 is 0 Å². The van der Waals surface area contributed by atoms with E-state index in [2.05, 4.69) is 47.6 Å². The summed E-state index contributed by atoms with van der Waals surface area (Å²) in [6.07, 6.45) is 2.25. The quantitative estimate of drug-likeness (QED) is 0.517. The van der Waals surface area contributed by atoms with Crippen LogP contribution >= 0.6 is 0 Å². The van der Waals surface area contributed by atoms with Gasteiger partial charge in [-0.1, -0.05) is 54.6 Å². The summed E-state index contributed by atoms with van der Waals surface area (Å²) in [6.45, 7) is 3.66. The molecule has 0 saturated carbocycles. The Labute approximate surface area is 212 Å². The molecule has 2 aliphatic rings. The average molecular weight is 487 g/mol. The summed E-state index contributed by atoms with van der Waals surface area (Å²) in [6, 6.07) is 23.8. The van der Waals surface area contributed by atoms with Gasteiger partial charge in [-0.2, -0.15) is 0 Å². The molecule has 0 aliphatic carbocycles. The second-order valence-corrected chi connectivity index (χ2v) is 9.80. The van der Waals surface area contributed by atoms with E-state index < -0.39 is 0 Å². The first-order chi connectivity index (χ1) is 17.5. The molecule has 0 spiro atoms. The van der Waals surface area contributed by atoms with Gasteiger partial charge in [0, 0.05) is 28.7 Å². The predicted molar refractivity (Wildman–Crippen MR) is 139 cm³/mol. The third kappa shape index (κ3) is 5.16. The van der Waals surface area contributed by atoms with E-state index in [-0.39, 0.29) is 17.6 Å². The summed E-state index contributed by atoms with van der Waals surface area (Å²) in [5.74, 6) is 0.233. The zero-order valence-corrected chi connectivity index (χ0v) is 20.8. The van der Waals surface area contributed by atoms with Crippen LogP contribution in [0, 0.1) is 0 Å². The standard InChI is InChI=1S/C30H34N2O4/c1-32-17-14-30(15-18-32,25-5-3-2-4-6-25)26-21-22(7-12-27(26)33)13-16-31-28(34)23-8-10-24(11-9-23)29-35-19-20-36-29/h2-12,21,29,33H,13-20H2,1H3,(H,31,34). The van der Waals surface area contributed by atoms with E-state index in [1.165, 1.54) is 5.56 Å². The Morgan fingerprint density at radius 3 is 2.39 bits per heavy atom. The van der Waals surface area contributed by atoms with Gasteiger partial charge >= 0.3 is 0 Å². The second-order valence-electron chi connectivity index (χ2n) is 9.80. The Balaban J connectivity index is 1.27. The van der Waals surface area contributed by atoms with Crippen LogP contribution in [0.2, 0.25) is 0 Å². The van der Waals surface area contributed by atoms with E-state index in [1.54, 1.807) is 18.2 Å². The van der Waals surface area contributed by atoms with Crippen molar-refractivity contribution in [2.24, 2.45) is 0 Å². The molecular weight excluding hydrogens is 452 g/mol. The van der Waals surface area contributed by atoms with E-state index in [1.807, 2.05) is 24.3 Å². The molecule has 2 aliphatic heterocycles. The van der Waals surface area contributed by atoms with Gasteiger partial charge in [-0.05, 0) is 68.7 Å². The summed E-state index contributed by atoms with van der Waals surface area (Å²) >= 11 is 0. The number of aromatic hydroxyl groups is 1. The lowest BCUT2D eigenvalue weighted by molar-refractivity contribution is -0.0441. The average Bonchev–Trinajstić information content (AvgIpc) is 3.46. The maximum Gasteiger partial charge on any atom is 0.251 e. The molecule has 6 heteroatoms. The van der Waals surface area contributed by atoms with Crippen molar-refractivity contribution in [3.8, 4) is 5.75 Å². The van der Waals surface area contributed by atoms with Crippen LogP contribution in [0.3, 0.4) is 0 Å². The predicted octanol–water partition coefficient (Wildman–Crippen LogP) is 4.42. The highest BCUT2D eigenvalue weighted by molar-refractivity contribution is 5.94. The Morgan fingerprint density at radius 1 is 1.00 bits per heavy atom. The first-order valence-corrected chi connectivity index (χ1v) is 12.7. The van der Waals surface area contributed by atoms with Gasteiger partial charge in [0.1, 0.15) is 5.75 Å². The lowest BCUT2D eigenvalue weighted by Gasteiger charge is -2.42. The molecular formula is C30H34N2O4. The van der Waals surface area contributed by atoms with Gasteiger partial charge in [0.15, 0.2) is 6.29 Å². The maximum atomic E-state index is 12.7. The Hall–Kier alpha value is -3.19. The van der Waals surface area contributed by atoms with E-state index in [4.69, 9.17) is 9.47 Å². The number of hydrogen-bond donors (Lipinski definition) is 2. The fourth-order valence-electron chi connectivity index (χ4n) is 5.36. The Bertz CT molecular complexity index is 1170. The largest absolute Gasteiger partial charge is 0.508 e. The highest BCUT2D eigenvalue weighted by Gasteiger charge is 2.39. The number of piperidine rings is 1. The van der Waals surface area contributed by atoms with Gasteiger partial charge in [-0.15, -0.1) is 0 Å². The number of amides is 1. The minimum absolute atomic E-state index is 0.107. The molecule has 1 amide bonds. The lowest BCUT2D eigenvalue weighted by atomic mass is 9.67. The number of nitrogens with zero attached hydrogens (tertiary/aromatic N) is 1. The zero-order valence-electron chi connectivity index (χ0n) is 20.8. The van der Waals surface area contributed by atoms with Crippen LogP contribution in [0.1, 0.15) is 51.7 Å². The number of nitrogens with one attached hydrogen (secondary N) is 1. The summed E-state index contributed by atoms with van der Waals surface area (Å²) in [7, 11) is 2.15. The number of phenols is 1. The number of carbonyl (C=O) groups is 1. The number of phenolic OH excluding ortho intramolecular Hbond substituents is 1. The van der Waals surface area contributed by atoms with Gasteiger partial charge in [0.2, 0.25) is 0 Å². The highest BCUT2D eigenvalue weighted by atomic mass is 16.7. The molecule has 3 aromatic rings. The second kappa shape index (κ2) is 10.8. The van der Waals surface area contributed by atoms with Crippen LogP contribution in [0.15, 0.2) is 72.8 Å². The summed E-state index contributed by atoms with van der Waals surface area (Å²) in [5.41, 5.74) is 4.64. The van der Waals surface area contributed by atoms with Gasteiger partial charge in [0.05, 0.1) is 13.2 Å². The minimum atomic E-state index is -0.338. The van der Waals surface area contributed by atoms with Crippen molar-refractivity contribution in [2.45, 2.75) is 31.0 Å². The molecule has 36 heavy (non-hydrogen) atoms. The molecule has 188 valence electrons. The molecule has 3 aromatic carbocycles. The van der Waals surface area contributed by atoms with Crippen molar-refractivity contribution < 1.29 is 19.4 Å². The van der Waals surface area contributed by atoms with Crippen molar-refractivity contribution in [1.82, 2.24) is 10.2 Å². The molecule has 2 saturated heterocycles. The summed E-state index contributed by atoms with van der Waals surface area (Å²) in [5, 5.41) is 14.0. The molecule has 0 aromatic heterocycles. The fourth-order valence-corrected chi connectivity index (χ4v) is 5.36. The van der Waals surface area contributed by atoms with E-state index in [0.29, 0.717) is 37.5 Å². The molecule has 2 N–H and O–H groups in total. The van der Waals surface area contributed by atoms with Crippen molar-refractivity contribution in [1.29, 1.82) is 0 Å². The normalized spacial score (nSPS) is 18.2. The SMILES string of the molecule is CN1CCC(c2ccccc2)(c2cc(CCNC(=O)c3ccc(C4OCCO4)cc3)ccc2O)CC1. The molecule has 0 unspecified atom stereocenters. The van der Waals surface area contributed by atoms with Crippen LogP contribution in [-0.4, -0.2) is 55.8 Å². The number of hydrogen-bond acceptors (Lipinski definition) is 5. The van der Waals surface area contributed by atoms with E-state index in [0.717, 1.165) is 42.6 Å². The molecule has 0 bridgehead atoms. The molecule has 6 nitrogen and oxygen atoms in total. The van der Waals surface area contributed by atoms with Crippen LogP contribution in [0.4, 0.5) is 0 Å². The molecule has 0 radical (unpaired) electrons. The smallest absolute Gasteiger partial charge is 0.251 e. The van der Waals surface area contributed by atoms with Crippen molar-refractivity contribution in [3.05, 3.63) is 101 Å². The fraction of sp³-hybridized carbons (Fsp3) is 0.367. The molecule has 5 rings (SSSR count). The van der Waals surface area contributed by atoms with Crippen LogP contribution in [0.25, 0.3) is 0 Å². The van der Waals surface area contributed by atoms with Gasteiger partial charge in [-0.3, -0.25) is 4.79 Å². The van der Waals surface area contributed by atoms with Crippen LogP contribution in [0.5, 0.6) is 5.75 Å². The minimum Gasteiger partial charge on any atom is -0.508 e. The number of ether oxygens (including phenoxy) is 2. The van der Waals surface area contributed by atoms with Gasteiger partial charge < -0.3 is 24.8 Å². The molecule has 0 atom stereocenters. The Kier molecular flexibility index (Phi) is 7.37. The number of carbonyl (C=O) groups excluding carboxylic acids is 1. The van der Waals surface area contributed by atoms with Crippen molar-refractivity contribution in [2.75, 3.05) is 39.9 Å². The third-order valence-corrected chi connectivity index (χ3v) is 7.51. The summed E-state index contributed by atoms with van der Waals surface area (Å²) < 4.78 is 11.0. The number of rotatable bonds is 7. The molecule has 2 fully saturated rings. The maximum absolute atomic E-state index is 12.7. The first kappa shape index (κ1) is 24.5. The van der Waals surface area contributed by atoms with Crippen molar-refractivity contribution in [3.63, 3.8) is 0 Å². The zero-order chi connectivity index (χ0) is 25.0. The van der Waals surface area contributed by atoms with Gasteiger partial charge in [-0.25, -0.2) is 0 Å². The van der Waals surface area contributed by atoms with Crippen LogP contribution < -0.4 is 5.32 Å². The van der Waals surface area contributed by atoms with Crippen LogP contribution in [-0.2, 0) is 21.3 Å². The summed E-state index contributed by atoms with van der Waals surface area (Å²) in [4.78, 5) is 15.0. The van der Waals surface area contributed by atoms with Gasteiger partial charge in [0.25, 0.3) is 5.91 Å². The third-order valence-electron chi connectivity index (χ3n) is 7.51. The van der Waals surface area contributed by atoms with E-state index in [9.17, 15) is 9.90 Å². The first-order valence-electron chi connectivity index (χ1n) is 12.7. The number of benzene rings is 3. The van der Waals surface area contributed by atoms with Crippen molar-refractivity contribution >= 4 is 5.91 Å². The molecule has 2 heterocycles. The number of likely N-dealkylation sites (tertiary alicyclic amines) is 1.